The van der Waals surface area contributed by atoms with E-state index < -0.39 is 0 Å². The van der Waals surface area contributed by atoms with Crippen molar-refractivity contribution in [2.75, 3.05) is 18.0 Å². The van der Waals surface area contributed by atoms with E-state index in [0.717, 1.165) is 35.2 Å². The van der Waals surface area contributed by atoms with Crippen molar-refractivity contribution in [3.05, 3.63) is 29.2 Å². The van der Waals surface area contributed by atoms with E-state index in [4.69, 9.17) is 11.6 Å². The number of fused-ring (bicyclic) bond motifs is 1. The Kier molecular flexibility index (Phi) is 2.21. The van der Waals surface area contributed by atoms with E-state index in [1.54, 1.807) is 0 Å². The Balaban J connectivity index is 2.26. The van der Waals surface area contributed by atoms with Crippen molar-refractivity contribution in [3.63, 3.8) is 0 Å². The third-order valence-corrected chi connectivity index (χ3v) is 3.28. The first-order chi connectivity index (χ1) is 7.75. The number of pyridine rings is 2. The lowest BCUT2D eigenvalue weighted by atomic mass is 10.1. The van der Waals surface area contributed by atoms with Crippen LogP contribution in [0.4, 0.5) is 5.82 Å². The second kappa shape index (κ2) is 3.59. The van der Waals surface area contributed by atoms with Gasteiger partial charge in [0.1, 0.15) is 11.0 Å². The maximum Gasteiger partial charge on any atom is 0.137 e. The van der Waals surface area contributed by atoms with E-state index in [1.165, 1.54) is 6.42 Å². The van der Waals surface area contributed by atoms with Gasteiger partial charge in [0.15, 0.2) is 0 Å². The van der Waals surface area contributed by atoms with E-state index >= 15 is 0 Å². The maximum atomic E-state index is 5.93. The van der Waals surface area contributed by atoms with Crippen LogP contribution in [-0.4, -0.2) is 23.1 Å². The lowest BCUT2D eigenvalue weighted by Crippen LogP contribution is -2.37. The fraction of sp³-hybridized carbons (Fsp3) is 0.333. The number of rotatable bonds is 1. The van der Waals surface area contributed by atoms with Crippen LogP contribution < -0.4 is 4.90 Å². The number of anilines is 1. The van der Waals surface area contributed by atoms with Crippen molar-refractivity contribution < 1.29 is 0 Å². The molecule has 0 N–H and O–H groups in total. The average Bonchev–Trinajstić information content (AvgIpc) is 2.20. The fourth-order valence-electron chi connectivity index (χ4n) is 2.01. The van der Waals surface area contributed by atoms with E-state index in [1.807, 2.05) is 25.4 Å². The highest BCUT2D eigenvalue weighted by molar-refractivity contribution is 6.30. The van der Waals surface area contributed by atoms with Gasteiger partial charge in [-0.15, -0.1) is 0 Å². The maximum absolute atomic E-state index is 5.93. The van der Waals surface area contributed by atoms with Gasteiger partial charge in [-0.05, 0) is 30.4 Å². The Hall–Kier alpha value is -1.35. The Morgan fingerprint density at radius 1 is 1.19 bits per heavy atom. The standard InChI is InChI=1S/C12H12ClN3/c1-8-6-15-12(16-3-2-4-16)10-7-14-11(13)5-9(8)10/h5-7H,2-4H2,1H3. The number of aryl methyl sites for hydroxylation is 1. The quantitative estimate of drug-likeness (QED) is 0.710. The van der Waals surface area contributed by atoms with E-state index in [2.05, 4.69) is 14.9 Å². The van der Waals surface area contributed by atoms with Gasteiger partial charge in [-0.25, -0.2) is 9.97 Å². The summed E-state index contributed by atoms with van der Waals surface area (Å²) in [5.74, 6) is 1.04. The molecule has 0 aliphatic carbocycles. The molecule has 0 unspecified atom stereocenters. The Morgan fingerprint density at radius 3 is 2.69 bits per heavy atom. The van der Waals surface area contributed by atoms with Gasteiger partial charge < -0.3 is 4.90 Å². The highest BCUT2D eigenvalue weighted by Crippen LogP contribution is 2.30. The van der Waals surface area contributed by atoms with Crippen LogP contribution in [0.3, 0.4) is 0 Å². The molecule has 0 aromatic carbocycles. The van der Waals surface area contributed by atoms with Crippen LogP contribution in [0.15, 0.2) is 18.5 Å². The van der Waals surface area contributed by atoms with Crippen LogP contribution in [0, 0.1) is 6.92 Å². The van der Waals surface area contributed by atoms with Crippen LogP contribution in [-0.2, 0) is 0 Å². The van der Waals surface area contributed by atoms with Gasteiger partial charge in [0, 0.05) is 30.9 Å². The van der Waals surface area contributed by atoms with Gasteiger partial charge in [-0.2, -0.15) is 0 Å². The highest BCUT2D eigenvalue weighted by atomic mass is 35.5. The Bertz CT molecular complexity index is 549. The first-order valence-corrected chi connectivity index (χ1v) is 5.79. The molecular formula is C12H12ClN3. The molecule has 1 fully saturated rings. The van der Waals surface area contributed by atoms with E-state index in [-0.39, 0.29) is 0 Å². The van der Waals surface area contributed by atoms with Crippen LogP contribution in [0.2, 0.25) is 5.15 Å². The molecule has 2 aromatic heterocycles. The summed E-state index contributed by atoms with van der Waals surface area (Å²) in [5, 5.41) is 2.79. The molecular weight excluding hydrogens is 222 g/mol. The van der Waals surface area contributed by atoms with Crippen molar-refractivity contribution in [2.45, 2.75) is 13.3 Å². The summed E-state index contributed by atoms with van der Waals surface area (Å²) in [4.78, 5) is 10.9. The largest absolute Gasteiger partial charge is 0.356 e. The van der Waals surface area contributed by atoms with Crippen molar-refractivity contribution >= 4 is 28.2 Å². The van der Waals surface area contributed by atoms with E-state index in [0.29, 0.717) is 5.15 Å². The summed E-state index contributed by atoms with van der Waals surface area (Å²) in [7, 11) is 0. The molecule has 4 heteroatoms. The average molecular weight is 234 g/mol. The summed E-state index contributed by atoms with van der Waals surface area (Å²) in [6.45, 7) is 4.23. The van der Waals surface area contributed by atoms with Gasteiger partial charge in [-0.1, -0.05) is 11.6 Å². The number of hydrogen-bond donors (Lipinski definition) is 0. The van der Waals surface area contributed by atoms with Crippen molar-refractivity contribution in [1.29, 1.82) is 0 Å². The van der Waals surface area contributed by atoms with Gasteiger partial charge in [-0.3, -0.25) is 0 Å². The topological polar surface area (TPSA) is 29.0 Å². The molecule has 3 rings (SSSR count). The minimum absolute atomic E-state index is 0.538. The Labute approximate surface area is 99.1 Å². The van der Waals surface area contributed by atoms with Gasteiger partial charge in [0.25, 0.3) is 0 Å². The van der Waals surface area contributed by atoms with Crippen molar-refractivity contribution in [2.24, 2.45) is 0 Å². The van der Waals surface area contributed by atoms with Gasteiger partial charge in [0.05, 0.1) is 0 Å². The molecule has 2 aromatic rings. The minimum Gasteiger partial charge on any atom is -0.356 e. The van der Waals surface area contributed by atoms with Crippen LogP contribution in [0.1, 0.15) is 12.0 Å². The third kappa shape index (κ3) is 1.43. The first-order valence-electron chi connectivity index (χ1n) is 5.41. The number of aromatic nitrogens is 2. The normalized spacial score (nSPS) is 15.2. The zero-order valence-corrected chi connectivity index (χ0v) is 9.83. The van der Waals surface area contributed by atoms with Crippen LogP contribution in [0.5, 0.6) is 0 Å². The first kappa shape index (κ1) is 9.85. The second-order valence-corrected chi connectivity index (χ2v) is 4.55. The SMILES string of the molecule is Cc1cnc(N2CCC2)c2cnc(Cl)cc12. The molecule has 0 atom stereocenters. The molecule has 0 saturated carbocycles. The number of halogens is 1. The van der Waals surface area contributed by atoms with Gasteiger partial charge in [0.2, 0.25) is 0 Å². The third-order valence-electron chi connectivity index (χ3n) is 3.07. The summed E-state index contributed by atoms with van der Waals surface area (Å²) in [5.41, 5.74) is 1.14. The molecule has 0 radical (unpaired) electrons. The summed E-state index contributed by atoms with van der Waals surface area (Å²) in [6.07, 6.45) is 4.98. The molecule has 1 saturated heterocycles. The smallest absolute Gasteiger partial charge is 0.137 e. The van der Waals surface area contributed by atoms with Gasteiger partial charge >= 0.3 is 0 Å². The monoisotopic (exact) mass is 233 g/mol. The summed E-state index contributed by atoms with van der Waals surface area (Å²) < 4.78 is 0. The van der Waals surface area contributed by atoms with E-state index in [9.17, 15) is 0 Å². The number of hydrogen-bond acceptors (Lipinski definition) is 3. The fourth-order valence-corrected chi connectivity index (χ4v) is 2.17. The predicted octanol–water partition coefficient (Wildman–Crippen LogP) is 2.80. The summed E-state index contributed by atoms with van der Waals surface area (Å²) >= 11 is 5.93. The lowest BCUT2D eigenvalue weighted by molar-refractivity contribution is 0.612. The molecule has 1 aliphatic rings. The number of nitrogens with zero attached hydrogens (tertiary/aromatic N) is 3. The molecule has 16 heavy (non-hydrogen) atoms. The molecule has 0 bridgehead atoms. The molecule has 0 spiro atoms. The van der Waals surface area contributed by atoms with Crippen LogP contribution >= 0.6 is 11.6 Å². The molecule has 1 aliphatic heterocycles. The molecule has 82 valence electrons. The highest BCUT2D eigenvalue weighted by Gasteiger charge is 2.18. The summed E-state index contributed by atoms with van der Waals surface area (Å²) in [6, 6.07) is 1.91. The zero-order chi connectivity index (χ0) is 11.1. The van der Waals surface area contributed by atoms with Crippen molar-refractivity contribution in [1.82, 2.24) is 9.97 Å². The lowest BCUT2D eigenvalue weighted by Gasteiger charge is -2.32. The predicted molar refractivity (Wildman–Crippen MR) is 66.1 cm³/mol. The Morgan fingerprint density at radius 2 is 2.00 bits per heavy atom. The minimum atomic E-state index is 0.538. The zero-order valence-electron chi connectivity index (χ0n) is 9.07. The molecule has 0 amide bonds. The second-order valence-electron chi connectivity index (χ2n) is 4.16. The molecule has 3 heterocycles. The molecule has 3 nitrogen and oxygen atoms in total. The van der Waals surface area contributed by atoms with Crippen molar-refractivity contribution in [3.8, 4) is 0 Å². The van der Waals surface area contributed by atoms with Crippen LogP contribution in [0.25, 0.3) is 10.8 Å².